The molecule has 2 atom stereocenters. The number of ether oxygens (including phenoxy) is 1. The molecule has 0 saturated carbocycles. The van der Waals surface area contributed by atoms with Crippen molar-refractivity contribution >= 4 is 22.6 Å². The van der Waals surface area contributed by atoms with Crippen molar-refractivity contribution < 1.29 is 4.74 Å². The highest BCUT2D eigenvalue weighted by molar-refractivity contribution is 14.1. The summed E-state index contributed by atoms with van der Waals surface area (Å²) < 4.78 is 6.66. The zero-order valence-corrected chi connectivity index (χ0v) is 7.93. The topological polar surface area (TPSA) is 9.23 Å². The first kappa shape index (κ1) is 7.79. The molecule has 9 heavy (non-hydrogen) atoms. The van der Waals surface area contributed by atoms with E-state index in [-0.39, 0.29) is 0 Å². The van der Waals surface area contributed by atoms with Crippen LogP contribution in [0.25, 0.3) is 0 Å². The molecule has 0 N–H and O–H groups in total. The summed E-state index contributed by atoms with van der Waals surface area (Å²) in [5.41, 5.74) is 0. The molecule has 0 bridgehead atoms. The van der Waals surface area contributed by atoms with Crippen LogP contribution in [0.15, 0.2) is 0 Å². The molecule has 0 radical (unpaired) electrons. The molecule has 1 saturated heterocycles. The van der Waals surface area contributed by atoms with E-state index in [1.165, 1.54) is 12.8 Å². The molecule has 1 heterocycles. The van der Waals surface area contributed by atoms with Crippen molar-refractivity contribution in [2.75, 3.05) is 11.0 Å². The smallest absolute Gasteiger partial charge is 0.0668 e. The van der Waals surface area contributed by atoms with Crippen molar-refractivity contribution in [2.24, 2.45) is 5.92 Å². The first-order valence-corrected chi connectivity index (χ1v) is 5.07. The number of hydrogen-bond acceptors (Lipinski definition) is 1. The van der Waals surface area contributed by atoms with Crippen molar-refractivity contribution in [3.8, 4) is 0 Å². The van der Waals surface area contributed by atoms with Crippen LogP contribution in [-0.4, -0.2) is 17.1 Å². The molecule has 0 spiro atoms. The van der Waals surface area contributed by atoms with Gasteiger partial charge in [-0.15, -0.1) is 0 Å². The van der Waals surface area contributed by atoms with Crippen molar-refractivity contribution in [1.29, 1.82) is 0 Å². The Morgan fingerprint density at radius 1 is 1.67 bits per heavy atom. The van der Waals surface area contributed by atoms with Gasteiger partial charge in [0.15, 0.2) is 0 Å². The maximum Gasteiger partial charge on any atom is 0.0668 e. The lowest BCUT2D eigenvalue weighted by Gasteiger charge is -2.01. The minimum Gasteiger partial charge on any atom is -0.377 e. The molecule has 1 rings (SSSR count). The molecule has 1 nitrogen and oxygen atoms in total. The maximum absolute atomic E-state index is 5.50. The fourth-order valence-corrected chi connectivity index (χ4v) is 1.79. The monoisotopic (exact) mass is 240 g/mol. The summed E-state index contributed by atoms with van der Waals surface area (Å²) in [5.74, 6) is 0.852. The molecule has 1 aliphatic rings. The average Bonchev–Trinajstić information content (AvgIpc) is 2.34. The van der Waals surface area contributed by atoms with Gasteiger partial charge >= 0.3 is 0 Å². The van der Waals surface area contributed by atoms with Crippen LogP contribution in [0.3, 0.4) is 0 Å². The van der Waals surface area contributed by atoms with E-state index in [4.69, 9.17) is 4.74 Å². The Hall–Kier alpha value is 0.690. The molecule has 2 heteroatoms. The summed E-state index contributed by atoms with van der Waals surface area (Å²) in [5, 5.41) is 0. The van der Waals surface area contributed by atoms with Gasteiger partial charge in [-0.25, -0.2) is 0 Å². The molecule has 0 amide bonds. The summed E-state index contributed by atoms with van der Waals surface area (Å²) in [6.07, 6.45) is 3.14. The van der Waals surface area contributed by atoms with Crippen LogP contribution in [0.1, 0.15) is 19.8 Å². The summed E-state index contributed by atoms with van der Waals surface area (Å²) >= 11 is 2.39. The lowest BCUT2D eigenvalue weighted by atomic mass is 10.0. The molecule has 0 aromatic heterocycles. The lowest BCUT2D eigenvalue weighted by Crippen LogP contribution is -2.05. The van der Waals surface area contributed by atoms with E-state index >= 15 is 0 Å². The molecule has 2 unspecified atom stereocenters. The highest BCUT2D eigenvalue weighted by Crippen LogP contribution is 2.22. The van der Waals surface area contributed by atoms with Crippen LogP contribution in [-0.2, 0) is 4.74 Å². The van der Waals surface area contributed by atoms with Crippen LogP contribution >= 0.6 is 22.6 Å². The van der Waals surface area contributed by atoms with Crippen LogP contribution in [0, 0.1) is 5.92 Å². The van der Waals surface area contributed by atoms with E-state index in [0.717, 1.165) is 17.0 Å². The predicted molar refractivity (Wildman–Crippen MR) is 47.0 cm³/mol. The third-order valence-electron chi connectivity index (χ3n) is 1.91. The van der Waals surface area contributed by atoms with Crippen LogP contribution in [0.5, 0.6) is 0 Å². The second kappa shape index (κ2) is 3.76. The number of alkyl halides is 1. The Balaban J connectivity index is 2.20. The fraction of sp³-hybridized carbons (Fsp3) is 1.00. The molecule has 54 valence electrons. The zero-order valence-electron chi connectivity index (χ0n) is 5.77. The van der Waals surface area contributed by atoms with Crippen LogP contribution in [0.2, 0.25) is 0 Å². The number of halogens is 1. The minimum absolute atomic E-state index is 0.565. The van der Waals surface area contributed by atoms with Gasteiger partial charge in [0.05, 0.1) is 6.10 Å². The van der Waals surface area contributed by atoms with Gasteiger partial charge in [0.2, 0.25) is 0 Å². The molecule has 0 aliphatic carbocycles. The third-order valence-corrected chi connectivity index (χ3v) is 2.90. The first-order valence-electron chi connectivity index (χ1n) is 3.54. The van der Waals surface area contributed by atoms with E-state index in [9.17, 15) is 0 Å². The molecular formula is C7H13IO. The van der Waals surface area contributed by atoms with Crippen LogP contribution in [0.4, 0.5) is 0 Å². The van der Waals surface area contributed by atoms with Gasteiger partial charge in [-0.05, 0) is 12.3 Å². The van der Waals surface area contributed by atoms with Gasteiger partial charge in [-0.2, -0.15) is 0 Å². The second-order valence-electron chi connectivity index (χ2n) is 2.62. The summed E-state index contributed by atoms with van der Waals surface area (Å²) in [4.78, 5) is 0. The molecule has 1 fully saturated rings. The van der Waals surface area contributed by atoms with Crippen molar-refractivity contribution in [1.82, 2.24) is 0 Å². The highest BCUT2D eigenvalue weighted by Gasteiger charge is 2.22. The third kappa shape index (κ3) is 2.08. The molecule has 0 aromatic rings. The number of hydrogen-bond donors (Lipinski definition) is 0. The van der Waals surface area contributed by atoms with Gasteiger partial charge in [0.1, 0.15) is 0 Å². The van der Waals surface area contributed by atoms with Gasteiger partial charge in [-0.3, -0.25) is 0 Å². The highest BCUT2D eigenvalue weighted by atomic mass is 127. The van der Waals surface area contributed by atoms with E-state index in [2.05, 4.69) is 29.5 Å². The first-order chi connectivity index (χ1) is 4.36. The molecular weight excluding hydrogens is 227 g/mol. The second-order valence-corrected chi connectivity index (χ2v) is 3.50. The van der Waals surface area contributed by atoms with Crippen LogP contribution < -0.4 is 0 Å². The van der Waals surface area contributed by atoms with Gasteiger partial charge in [0.25, 0.3) is 0 Å². The SMILES string of the molecule is CCC1COC(CI)C1. The van der Waals surface area contributed by atoms with E-state index in [1.807, 2.05) is 0 Å². The Labute approximate surface area is 70.3 Å². The number of rotatable bonds is 2. The van der Waals surface area contributed by atoms with Gasteiger partial charge in [-0.1, -0.05) is 35.9 Å². The Morgan fingerprint density at radius 2 is 2.44 bits per heavy atom. The Morgan fingerprint density at radius 3 is 2.78 bits per heavy atom. The largest absolute Gasteiger partial charge is 0.377 e. The summed E-state index contributed by atoms with van der Waals surface area (Å²) in [6, 6.07) is 0. The lowest BCUT2D eigenvalue weighted by molar-refractivity contribution is 0.125. The Bertz CT molecular complexity index is 75.0. The fourth-order valence-electron chi connectivity index (χ4n) is 1.17. The van der Waals surface area contributed by atoms with Crippen molar-refractivity contribution in [3.05, 3.63) is 0 Å². The van der Waals surface area contributed by atoms with E-state index < -0.39 is 0 Å². The van der Waals surface area contributed by atoms with E-state index in [0.29, 0.717) is 6.10 Å². The molecule has 1 aliphatic heterocycles. The van der Waals surface area contributed by atoms with E-state index in [1.54, 1.807) is 0 Å². The van der Waals surface area contributed by atoms with Gasteiger partial charge in [0, 0.05) is 11.0 Å². The zero-order chi connectivity index (χ0) is 6.69. The Kier molecular flexibility index (Phi) is 3.26. The van der Waals surface area contributed by atoms with Gasteiger partial charge < -0.3 is 4.74 Å². The maximum atomic E-state index is 5.50. The average molecular weight is 240 g/mol. The quantitative estimate of drug-likeness (QED) is 0.531. The van der Waals surface area contributed by atoms with Crippen molar-refractivity contribution in [2.45, 2.75) is 25.9 Å². The summed E-state index contributed by atoms with van der Waals surface area (Å²) in [7, 11) is 0. The molecule has 0 aromatic carbocycles. The standard InChI is InChI=1S/C7H13IO/c1-2-6-3-7(4-8)9-5-6/h6-7H,2-5H2,1H3. The minimum atomic E-state index is 0.565. The van der Waals surface area contributed by atoms with Crippen molar-refractivity contribution in [3.63, 3.8) is 0 Å². The normalized spacial score (nSPS) is 35.3. The predicted octanol–water partition coefficient (Wildman–Crippen LogP) is 2.24. The summed E-state index contributed by atoms with van der Waals surface area (Å²) in [6.45, 7) is 3.24.